The van der Waals surface area contributed by atoms with Crippen molar-refractivity contribution < 1.29 is 4.42 Å². The lowest BCUT2D eigenvalue weighted by molar-refractivity contribution is 0.666. The van der Waals surface area contributed by atoms with E-state index in [1.807, 2.05) is 30.5 Å². The molecule has 0 aliphatic heterocycles. The van der Waals surface area contributed by atoms with E-state index in [1.165, 1.54) is 0 Å². The summed E-state index contributed by atoms with van der Waals surface area (Å²) in [5.41, 5.74) is 4.99. The lowest BCUT2D eigenvalue weighted by Gasteiger charge is -2.05. The molecule has 3 heteroatoms. The van der Waals surface area contributed by atoms with E-state index < -0.39 is 0 Å². The molecular formula is C17H12N2O. The zero-order valence-electron chi connectivity index (χ0n) is 11.0. The van der Waals surface area contributed by atoms with Crippen molar-refractivity contribution in [2.75, 3.05) is 0 Å². The average molecular weight is 260 g/mol. The molecule has 0 amide bonds. The highest BCUT2D eigenvalue weighted by Gasteiger charge is 2.11. The number of fused-ring (bicyclic) bond motifs is 3. The van der Waals surface area contributed by atoms with Gasteiger partial charge in [0.05, 0.1) is 11.9 Å². The molecule has 96 valence electrons. The van der Waals surface area contributed by atoms with E-state index in [2.05, 4.69) is 29.0 Å². The summed E-state index contributed by atoms with van der Waals surface area (Å²) in [5.74, 6) is 0. The molecule has 0 unspecified atom stereocenters. The number of aromatic nitrogens is 2. The van der Waals surface area contributed by atoms with E-state index in [9.17, 15) is 0 Å². The monoisotopic (exact) mass is 260 g/mol. The van der Waals surface area contributed by atoms with Gasteiger partial charge in [-0.1, -0.05) is 6.07 Å². The number of hydrogen-bond donors (Lipinski definition) is 0. The number of benzene rings is 1. The summed E-state index contributed by atoms with van der Waals surface area (Å²) in [7, 11) is 0. The van der Waals surface area contributed by atoms with Gasteiger partial charge in [0.2, 0.25) is 0 Å². The third-order valence-corrected chi connectivity index (χ3v) is 3.56. The van der Waals surface area contributed by atoms with Gasteiger partial charge >= 0.3 is 0 Å². The largest absolute Gasteiger partial charge is 0.454 e. The smallest absolute Gasteiger partial charge is 0.153 e. The van der Waals surface area contributed by atoms with Crippen molar-refractivity contribution >= 4 is 21.9 Å². The van der Waals surface area contributed by atoms with Gasteiger partial charge in [-0.2, -0.15) is 0 Å². The highest BCUT2D eigenvalue weighted by Crippen LogP contribution is 2.33. The van der Waals surface area contributed by atoms with Gasteiger partial charge < -0.3 is 4.42 Å². The van der Waals surface area contributed by atoms with Crippen molar-refractivity contribution in [1.82, 2.24) is 9.97 Å². The Kier molecular flexibility index (Phi) is 2.33. The second kappa shape index (κ2) is 4.17. The number of aryl methyl sites for hydroxylation is 1. The second-order valence-electron chi connectivity index (χ2n) is 4.85. The maximum Gasteiger partial charge on any atom is 0.153 e. The maximum atomic E-state index is 5.84. The maximum absolute atomic E-state index is 5.84. The van der Waals surface area contributed by atoms with Gasteiger partial charge in [0.15, 0.2) is 5.58 Å². The lowest BCUT2D eigenvalue weighted by atomic mass is 10.0. The molecule has 0 aliphatic rings. The molecule has 4 rings (SSSR count). The van der Waals surface area contributed by atoms with Gasteiger partial charge in [-0.3, -0.25) is 9.97 Å². The molecular weight excluding hydrogens is 248 g/mol. The first-order valence-electron chi connectivity index (χ1n) is 6.51. The van der Waals surface area contributed by atoms with Crippen LogP contribution in [0.1, 0.15) is 5.56 Å². The number of pyridine rings is 2. The molecule has 0 N–H and O–H groups in total. The highest BCUT2D eigenvalue weighted by atomic mass is 16.3. The minimum atomic E-state index is 0.820. The van der Waals surface area contributed by atoms with E-state index in [1.54, 1.807) is 12.4 Å². The fourth-order valence-electron chi connectivity index (χ4n) is 2.58. The van der Waals surface area contributed by atoms with Crippen molar-refractivity contribution in [1.29, 1.82) is 0 Å². The van der Waals surface area contributed by atoms with E-state index >= 15 is 0 Å². The van der Waals surface area contributed by atoms with Gasteiger partial charge in [-0.15, -0.1) is 0 Å². The summed E-state index contributed by atoms with van der Waals surface area (Å²) in [6.07, 6.45) is 5.36. The molecule has 3 heterocycles. The average Bonchev–Trinajstić information content (AvgIpc) is 2.84. The van der Waals surface area contributed by atoms with Gasteiger partial charge in [-0.25, -0.2) is 0 Å². The quantitative estimate of drug-likeness (QED) is 0.510. The van der Waals surface area contributed by atoms with Crippen LogP contribution >= 0.6 is 0 Å². The Morgan fingerprint density at radius 2 is 1.90 bits per heavy atom. The normalized spacial score (nSPS) is 11.2. The van der Waals surface area contributed by atoms with Crippen LogP contribution in [0.5, 0.6) is 0 Å². The van der Waals surface area contributed by atoms with Crippen LogP contribution in [0.3, 0.4) is 0 Å². The summed E-state index contributed by atoms with van der Waals surface area (Å²) < 4.78 is 5.84. The zero-order valence-corrected chi connectivity index (χ0v) is 11.0. The summed E-state index contributed by atoms with van der Waals surface area (Å²) in [6.45, 7) is 2.08. The predicted octanol–water partition coefficient (Wildman–Crippen LogP) is 4.35. The molecule has 0 bridgehead atoms. The minimum Gasteiger partial charge on any atom is -0.454 e. The van der Waals surface area contributed by atoms with Crippen LogP contribution in [0.2, 0.25) is 0 Å². The molecule has 3 nitrogen and oxygen atoms in total. The van der Waals surface area contributed by atoms with E-state index in [0.29, 0.717) is 0 Å². The van der Waals surface area contributed by atoms with Crippen molar-refractivity contribution in [2.24, 2.45) is 0 Å². The number of rotatable bonds is 1. The highest BCUT2D eigenvalue weighted by molar-refractivity contribution is 6.06. The molecule has 0 aliphatic carbocycles. The first-order valence-corrected chi connectivity index (χ1v) is 6.51. The van der Waals surface area contributed by atoms with Gasteiger partial charge in [0, 0.05) is 28.7 Å². The molecule has 0 radical (unpaired) electrons. The summed E-state index contributed by atoms with van der Waals surface area (Å²) in [5, 5.41) is 2.20. The summed E-state index contributed by atoms with van der Waals surface area (Å²) in [6, 6.07) is 12.2. The SMILES string of the molecule is Cc1cc2oc3cnccc3c2cc1-c1ccccn1. The first kappa shape index (κ1) is 11.2. The molecule has 0 atom stereocenters. The topological polar surface area (TPSA) is 38.9 Å². The fourth-order valence-corrected chi connectivity index (χ4v) is 2.58. The van der Waals surface area contributed by atoms with Gasteiger partial charge in [-0.05, 0) is 42.8 Å². The molecule has 4 aromatic rings. The first-order chi connectivity index (χ1) is 9.83. The standard InChI is InChI=1S/C17H12N2O/c1-11-8-16-14(12-5-7-18-10-17(12)20-16)9-13(11)15-4-2-3-6-19-15/h2-10H,1H3. The van der Waals surface area contributed by atoms with Gasteiger partial charge in [0.1, 0.15) is 5.58 Å². The van der Waals surface area contributed by atoms with Crippen LogP contribution < -0.4 is 0 Å². The Bertz CT molecular complexity index is 910. The third kappa shape index (κ3) is 1.60. The zero-order chi connectivity index (χ0) is 13.5. The number of nitrogens with zero attached hydrogens (tertiary/aromatic N) is 2. The summed E-state index contributed by atoms with van der Waals surface area (Å²) >= 11 is 0. The van der Waals surface area contributed by atoms with E-state index in [0.717, 1.165) is 38.8 Å². The Labute approximate surface area is 115 Å². The molecule has 1 aromatic carbocycles. The van der Waals surface area contributed by atoms with Crippen molar-refractivity contribution in [3.63, 3.8) is 0 Å². The molecule has 0 fully saturated rings. The van der Waals surface area contributed by atoms with Crippen molar-refractivity contribution in [3.8, 4) is 11.3 Å². The fraction of sp³-hybridized carbons (Fsp3) is 0.0588. The molecule has 0 saturated carbocycles. The Hall–Kier alpha value is -2.68. The van der Waals surface area contributed by atoms with E-state index in [4.69, 9.17) is 4.42 Å². The molecule has 20 heavy (non-hydrogen) atoms. The van der Waals surface area contributed by atoms with Crippen molar-refractivity contribution in [3.05, 3.63) is 60.6 Å². The van der Waals surface area contributed by atoms with Crippen LogP contribution in [0.4, 0.5) is 0 Å². The minimum absolute atomic E-state index is 0.820. The Morgan fingerprint density at radius 1 is 0.950 bits per heavy atom. The second-order valence-corrected chi connectivity index (χ2v) is 4.85. The van der Waals surface area contributed by atoms with Crippen LogP contribution in [0.15, 0.2) is 59.4 Å². The van der Waals surface area contributed by atoms with Crippen molar-refractivity contribution in [2.45, 2.75) is 6.92 Å². The van der Waals surface area contributed by atoms with E-state index in [-0.39, 0.29) is 0 Å². The Morgan fingerprint density at radius 3 is 2.75 bits per heavy atom. The van der Waals surface area contributed by atoms with Crippen LogP contribution in [-0.4, -0.2) is 9.97 Å². The molecule has 3 aromatic heterocycles. The molecule has 0 saturated heterocycles. The van der Waals surface area contributed by atoms with Crippen LogP contribution in [-0.2, 0) is 0 Å². The van der Waals surface area contributed by atoms with Crippen LogP contribution in [0.25, 0.3) is 33.2 Å². The lowest BCUT2D eigenvalue weighted by Crippen LogP contribution is -1.86. The Balaban J connectivity index is 2.08. The van der Waals surface area contributed by atoms with Crippen LogP contribution in [0, 0.1) is 6.92 Å². The predicted molar refractivity (Wildman–Crippen MR) is 79.5 cm³/mol. The third-order valence-electron chi connectivity index (χ3n) is 3.56. The number of hydrogen-bond acceptors (Lipinski definition) is 3. The van der Waals surface area contributed by atoms with Gasteiger partial charge in [0.25, 0.3) is 0 Å². The number of furan rings is 1. The molecule has 0 spiro atoms. The summed E-state index contributed by atoms with van der Waals surface area (Å²) in [4.78, 5) is 8.54.